The average molecular weight is 218 g/mol. The second-order valence-corrected chi connectivity index (χ2v) is 4.63. The van der Waals surface area contributed by atoms with Gasteiger partial charge in [-0.3, -0.25) is 0 Å². The minimum absolute atomic E-state index is 0.197. The van der Waals surface area contributed by atoms with E-state index in [-0.39, 0.29) is 6.04 Å². The van der Waals surface area contributed by atoms with Gasteiger partial charge in [0.15, 0.2) is 0 Å². The molecule has 0 aliphatic carbocycles. The van der Waals surface area contributed by atoms with E-state index in [4.69, 9.17) is 4.74 Å². The van der Waals surface area contributed by atoms with Gasteiger partial charge >= 0.3 is 0 Å². The number of nitrogens with zero attached hydrogens (tertiary/aromatic N) is 2. The Hall–Kier alpha value is -1.51. The normalized spacial score (nSPS) is 18.8. The van der Waals surface area contributed by atoms with Crippen molar-refractivity contribution in [3.63, 3.8) is 0 Å². The fourth-order valence-corrected chi connectivity index (χ4v) is 1.85. The van der Waals surface area contributed by atoms with Crippen molar-refractivity contribution in [3.05, 3.63) is 29.8 Å². The molecular weight excluding hydrogens is 200 g/mol. The summed E-state index contributed by atoms with van der Waals surface area (Å²) in [5, 5.41) is 0. The zero-order valence-corrected chi connectivity index (χ0v) is 10.3. The maximum Gasteiger partial charge on any atom is 0.292 e. The van der Waals surface area contributed by atoms with Gasteiger partial charge < -0.3 is 9.64 Å². The van der Waals surface area contributed by atoms with Crippen molar-refractivity contribution in [2.45, 2.75) is 19.9 Å². The highest BCUT2D eigenvalue weighted by Crippen LogP contribution is 2.36. The van der Waals surface area contributed by atoms with Crippen molar-refractivity contribution in [1.82, 2.24) is 4.90 Å². The summed E-state index contributed by atoms with van der Waals surface area (Å²) in [5.74, 6) is 1.40. The van der Waals surface area contributed by atoms with Gasteiger partial charge in [-0.05, 0) is 12.0 Å². The van der Waals surface area contributed by atoms with Crippen molar-refractivity contribution in [2.24, 2.45) is 10.9 Å². The number of fused-ring (bicyclic) bond motifs is 1. The van der Waals surface area contributed by atoms with Gasteiger partial charge in [-0.15, -0.1) is 0 Å². The molecule has 3 nitrogen and oxygen atoms in total. The first-order chi connectivity index (χ1) is 7.59. The van der Waals surface area contributed by atoms with Crippen LogP contribution >= 0.6 is 0 Å². The molecule has 1 aromatic rings. The lowest BCUT2D eigenvalue weighted by molar-refractivity contribution is 0.375. The number of para-hydroxylation sites is 1. The SMILES string of the molecule is CC(C)C1N=C(N(C)C)Oc2ccccc21. The molecule has 0 N–H and O–H groups in total. The minimum Gasteiger partial charge on any atom is -0.426 e. The molecule has 0 aromatic heterocycles. The summed E-state index contributed by atoms with van der Waals surface area (Å²) in [6, 6.07) is 9.02. The highest BCUT2D eigenvalue weighted by atomic mass is 16.5. The molecule has 0 fully saturated rings. The summed E-state index contributed by atoms with van der Waals surface area (Å²) in [7, 11) is 3.90. The molecule has 1 heterocycles. The summed E-state index contributed by atoms with van der Waals surface area (Å²) < 4.78 is 5.75. The molecule has 0 amide bonds. The van der Waals surface area contributed by atoms with Crippen molar-refractivity contribution >= 4 is 6.02 Å². The monoisotopic (exact) mass is 218 g/mol. The standard InChI is InChI=1S/C13H18N2O/c1-9(2)12-10-7-5-6-8-11(10)16-13(14-12)15(3)4/h5-9,12H,1-4H3. The third-order valence-corrected chi connectivity index (χ3v) is 2.70. The average Bonchev–Trinajstić information content (AvgIpc) is 2.27. The van der Waals surface area contributed by atoms with Crippen LogP contribution in [-0.4, -0.2) is 25.0 Å². The van der Waals surface area contributed by atoms with Gasteiger partial charge in [0.25, 0.3) is 6.02 Å². The maximum atomic E-state index is 5.75. The van der Waals surface area contributed by atoms with Gasteiger partial charge in [0.1, 0.15) is 5.75 Å². The molecule has 3 heteroatoms. The second kappa shape index (κ2) is 4.16. The lowest BCUT2D eigenvalue weighted by Gasteiger charge is -2.28. The minimum atomic E-state index is 0.197. The summed E-state index contributed by atoms with van der Waals surface area (Å²) in [4.78, 5) is 6.55. The highest BCUT2D eigenvalue weighted by Gasteiger charge is 2.25. The molecule has 1 unspecified atom stereocenters. The third kappa shape index (κ3) is 1.90. The van der Waals surface area contributed by atoms with E-state index in [9.17, 15) is 0 Å². The number of rotatable bonds is 1. The van der Waals surface area contributed by atoms with Crippen LogP contribution in [0.3, 0.4) is 0 Å². The molecule has 1 atom stereocenters. The maximum absolute atomic E-state index is 5.75. The molecule has 0 saturated heterocycles. The van der Waals surface area contributed by atoms with E-state index in [0.29, 0.717) is 11.9 Å². The fraction of sp³-hybridized carbons (Fsp3) is 0.462. The van der Waals surface area contributed by atoms with Crippen LogP contribution in [0.5, 0.6) is 5.75 Å². The molecule has 86 valence electrons. The van der Waals surface area contributed by atoms with E-state index in [2.05, 4.69) is 24.9 Å². The molecule has 1 aliphatic heterocycles. The first kappa shape index (κ1) is 11.0. The van der Waals surface area contributed by atoms with Crippen LogP contribution in [0.1, 0.15) is 25.5 Å². The van der Waals surface area contributed by atoms with E-state index < -0.39 is 0 Å². The Kier molecular flexibility index (Phi) is 2.86. The highest BCUT2D eigenvalue weighted by molar-refractivity contribution is 5.78. The van der Waals surface area contributed by atoms with Crippen LogP contribution in [0.25, 0.3) is 0 Å². The lowest BCUT2D eigenvalue weighted by Crippen LogP contribution is -2.32. The number of aliphatic imine (C=N–C) groups is 1. The predicted octanol–water partition coefficient (Wildman–Crippen LogP) is 2.69. The van der Waals surface area contributed by atoms with E-state index in [1.807, 2.05) is 37.2 Å². The van der Waals surface area contributed by atoms with Crippen LogP contribution in [0.15, 0.2) is 29.3 Å². The first-order valence-corrected chi connectivity index (χ1v) is 5.61. The van der Waals surface area contributed by atoms with Crippen molar-refractivity contribution in [3.8, 4) is 5.75 Å². The third-order valence-electron chi connectivity index (χ3n) is 2.70. The van der Waals surface area contributed by atoms with Gasteiger partial charge in [0.05, 0.1) is 6.04 Å². The quantitative estimate of drug-likeness (QED) is 0.724. The summed E-state index contributed by atoms with van der Waals surface area (Å²) in [6.07, 6.45) is 0. The van der Waals surface area contributed by atoms with Crippen molar-refractivity contribution in [1.29, 1.82) is 0 Å². The summed E-state index contributed by atoms with van der Waals surface area (Å²) in [5.41, 5.74) is 1.18. The molecule has 2 rings (SSSR count). The van der Waals surface area contributed by atoms with E-state index in [1.54, 1.807) is 0 Å². The van der Waals surface area contributed by atoms with Crippen LogP contribution in [0.2, 0.25) is 0 Å². The second-order valence-electron chi connectivity index (χ2n) is 4.63. The van der Waals surface area contributed by atoms with Gasteiger partial charge in [0, 0.05) is 19.7 Å². The van der Waals surface area contributed by atoms with Crippen LogP contribution in [0, 0.1) is 5.92 Å². The molecule has 0 bridgehead atoms. The Balaban J connectivity index is 2.43. The zero-order valence-electron chi connectivity index (χ0n) is 10.3. The van der Waals surface area contributed by atoms with E-state index >= 15 is 0 Å². The van der Waals surface area contributed by atoms with Crippen LogP contribution in [-0.2, 0) is 0 Å². The molecule has 1 aromatic carbocycles. The Labute approximate surface area is 96.7 Å². The Bertz CT molecular complexity index is 410. The van der Waals surface area contributed by atoms with Gasteiger partial charge in [-0.2, -0.15) is 0 Å². The number of ether oxygens (including phenoxy) is 1. The van der Waals surface area contributed by atoms with E-state index in [0.717, 1.165) is 5.75 Å². The number of hydrogen-bond donors (Lipinski definition) is 0. The molecule has 0 radical (unpaired) electrons. The molecule has 1 aliphatic rings. The topological polar surface area (TPSA) is 24.8 Å². The Morgan fingerprint density at radius 2 is 1.94 bits per heavy atom. The Morgan fingerprint density at radius 3 is 2.56 bits per heavy atom. The number of benzene rings is 1. The van der Waals surface area contributed by atoms with Crippen LogP contribution in [0.4, 0.5) is 0 Å². The summed E-state index contributed by atoms with van der Waals surface area (Å²) in [6.45, 7) is 4.37. The molecule has 0 spiro atoms. The van der Waals surface area contributed by atoms with Gasteiger partial charge in [-0.1, -0.05) is 32.0 Å². The van der Waals surface area contributed by atoms with Gasteiger partial charge in [-0.25, -0.2) is 4.99 Å². The fourth-order valence-electron chi connectivity index (χ4n) is 1.85. The predicted molar refractivity (Wildman–Crippen MR) is 65.8 cm³/mol. The lowest BCUT2D eigenvalue weighted by atomic mass is 9.95. The zero-order chi connectivity index (χ0) is 11.7. The number of amidine groups is 1. The molecule has 16 heavy (non-hydrogen) atoms. The Morgan fingerprint density at radius 1 is 1.25 bits per heavy atom. The van der Waals surface area contributed by atoms with Gasteiger partial charge in [0.2, 0.25) is 0 Å². The van der Waals surface area contributed by atoms with Crippen molar-refractivity contribution in [2.75, 3.05) is 14.1 Å². The van der Waals surface area contributed by atoms with E-state index in [1.165, 1.54) is 5.56 Å². The molecular formula is C13H18N2O. The first-order valence-electron chi connectivity index (χ1n) is 5.61. The summed E-state index contributed by atoms with van der Waals surface area (Å²) >= 11 is 0. The van der Waals surface area contributed by atoms with Crippen LogP contribution < -0.4 is 4.74 Å². The van der Waals surface area contributed by atoms with Crippen molar-refractivity contribution < 1.29 is 4.74 Å². The molecule has 0 saturated carbocycles. The smallest absolute Gasteiger partial charge is 0.292 e. The number of hydrogen-bond acceptors (Lipinski definition) is 3. The largest absolute Gasteiger partial charge is 0.426 e.